The van der Waals surface area contributed by atoms with E-state index in [9.17, 15) is 0 Å². The number of anilines is 3. The summed E-state index contributed by atoms with van der Waals surface area (Å²) in [6, 6.07) is 59.8. The second-order valence-electron chi connectivity index (χ2n) is 12.9. The molecule has 0 amide bonds. The molecule has 2 heterocycles. The molecule has 0 saturated carbocycles. The van der Waals surface area contributed by atoms with Crippen LogP contribution in [0.25, 0.3) is 39.0 Å². The minimum atomic E-state index is -0.516. The number of fused-ring (bicyclic) bond motifs is 10. The number of aryl methyl sites for hydroxylation is 1. The van der Waals surface area contributed by atoms with Crippen LogP contribution in [0, 0.1) is 6.92 Å². The summed E-state index contributed by atoms with van der Waals surface area (Å²) < 4.78 is 3.34. The monoisotopic (exact) mass is 691 g/mol. The van der Waals surface area contributed by atoms with Crippen LogP contribution in [0.2, 0.25) is 0 Å². The highest BCUT2D eigenvalue weighted by molar-refractivity contribution is 9.10. The normalized spacial score (nSPS) is 13.6. The lowest BCUT2D eigenvalue weighted by Gasteiger charge is -2.45. The van der Waals surface area contributed by atoms with Crippen molar-refractivity contribution in [2.24, 2.45) is 0 Å². The Morgan fingerprint density at radius 3 is 1.90 bits per heavy atom. The summed E-state index contributed by atoms with van der Waals surface area (Å²) in [5.41, 5.74) is 16.3. The average molecular weight is 693 g/mol. The number of aromatic nitrogens is 2. The van der Waals surface area contributed by atoms with Gasteiger partial charge in [0.25, 0.3) is 0 Å². The fourth-order valence-electron chi connectivity index (χ4n) is 8.45. The van der Waals surface area contributed by atoms with Gasteiger partial charge in [-0.1, -0.05) is 113 Å². The van der Waals surface area contributed by atoms with Gasteiger partial charge in [0, 0.05) is 15.8 Å². The van der Waals surface area contributed by atoms with Gasteiger partial charge in [0.2, 0.25) is 0 Å². The van der Waals surface area contributed by atoms with Crippen molar-refractivity contribution in [3.05, 3.63) is 196 Å². The van der Waals surface area contributed by atoms with E-state index < -0.39 is 5.41 Å². The van der Waals surface area contributed by atoms with E-state index >= 15 is 0 Å². The first-order valence-electron chi connectivity index (χ1n) is 16.7. The zero-order valence-electron chi connectivity index (χ0n) is 26.8. The number of benzene rings is 7. The van der Waals surface area contributed by atoms with Crippen molar-refractivity contribution in [2.75, 3.05) is 4.90 Å². The van der Waals surface area contributed by atoms with Gasteiger partial charge >= 0.3 is 0 Å². The van der Waals surface area contributed by atoms with Crippen LogP contribution in [0.5, 0.6) is 0 Å². The van der Waals surface area contributed by atoms with Crippen LogP contribution in [0.15, 0.2) is 168 Å². The SMILES string of the molecule is Cc1nc2ccccc2n1-c1cccc(-c2ccc3c(c2)C2(c4cc(Br)ccc4-3)c3ccccc3N(c3ccccc3)c3ccccc32)c1. The van der Waals surface area contributed by atoms with E-state index in [-0.39, 0.29) is 0 Å². The van der Waals surface area contributed by atoms with Crippen LogP contribution in [0.4, 0.5) is 17.1 Å². The summed E-state index contributed by atoms with van der Waals surface area (Å²) in [4.78, 5) is 7.28. The van der Waals surface area contributed by atoms with E-state index in [1.165, 1.54) is 55.9 Å². The summed E-state index contributed by atoms with van der Waals surface area (Å²) >= 11 is 3.87. The van der Waals surface area contributed by atoms with Crippen molar-refractivity contribution in [1.29, 1.82) is 0 Å². The molecule has 10 rings (SSSR count). The molecule has 0 radical (unpaired) electrons. The summed E-state index contributed by atoms with van der Waals surface area (Å²) in [6.07, 6.45) is 0. The molecule has 2 aliphatic rings. The van der Waals surface area contributed by atoms with Crippen molar-refractivity contribution < 1.29 is 0 Å². The van der Waals surface area contributed by atoms with Crippen molar-refractivity contribution >= 4 is 44.0 Å². The third kappa shape index (κ3) is 3.98. The fourth-order valence-corrected chi connectivity index (χ4v) is 8.82. The molecular formula is C45H30BrN3. The molecule has 0 atom stereocenters. The Morgan fingerprint density at radius 2 is 1.12 bits per heavy atom. The third-order valence-electron chi connectivity index (χ3n) is 10.4. The molecule has 1 aliphatic carbocycles. The van der Waals surface area contributed by atoms with Crippen molar-refractivity contribution in [3.63, 3.8) is 0 Å². The highest BCUT2D eigenvalue weighted by atomic mass is 79.9. The molecule has 49 heavy (non-hydrogen) atoms. The first-order valence-corrected chi connectivity index (χ1v) is 17.5. The van der Waals surface area contributed by atoms with E-state index in [1.807, 2.05) is 6.07 Å². The van der Waals surface area contributed by atoms with Crippen LogP contribution in [-0.4, -0.2) is 9.55 Å². The molecule has 0 bridgehead atoms. The Morgan fingerprint density at radius 1 is 0.510 bits per heavy atom. The maximum atomic E-state index is 4.85. The Bertz CT molecular complexity index is 2550. The highest BCUT2D eigenvalue weighted by Gasteiger charge is 2.51. The van der Waals surface area contributed by atoms with E-state index in [0.29, 0.717) is 0 Å². The predicted molar refractivity (Wildman–Crippen MR) is 204 cm³/mol. The molecular weight excluding hydrogens is 662 g/mol. The molecule has 8 aromatic rings. The maximum absolute atomic E-state index is 4.85. The summed E-state index contributed by atoms with van der Waals surface area (Å²) in [5, 5.41) is 0. The first kappa shape index (κ1) is 28.3. The lowest BCUT2D eigenvalue weighted by molar-refractivity contribution is 0.752. The second-order valence-corrected chi connectivity index (χ2v) is 13.9. The number of imidazole rings is 1. The predicted octanol–water partition coefficient (Wildman–Crippen LogP) is 11.9. The Hall–Kier alpha value is -5.71. The van der Waals surface area contributed by atoms with E-state index in [4.69, 9.17) is 4.98 Å². The van der Waals surface area contributed by atoms with Crippen molar-refractivity contribution in [2.45, 2.75) is 12.3 Å². The van der Waals surface area contributed by atoms with Gasteiger partial charge in [-0.05, 0) is 118 Å². The minimum Gasteiger partial charge on any atom is -0.310 e. The van der Waals surface area contributed by atoms with Gasteiger partial charge in [-0.25, -0.2) is 4.98 Å². The summed E-state index contributed by atoms with van der Waals surface area (Å²) in [7, 11) is 0. The van der Waals surface area contributed by atoms with Gasteiger partial charge in [0.15, 0.2) is 0 Å². The topological polar surface area (TPSA) is 21.1 Å². The zero-order valence-corrected chi connectivity index (χ0v) is 28.4. The third-order valence-corrected chi connectivity index (χ3v) is 10.9. The van der Waals surface area contributed by atoms with Crippen LogP contribution < -0.4 is 4.90 Å². The maximum Gasteiger partial charge on any atom is 0.111 e. The molecule has 0 unspecified atom stereocenters. The van der Waals surface area contributed by atoms with Crippen molar-refractivity contribution in [1.82, 2.24) is 9.55 Å². The lowest BCUT2D eigenvalue weighted by atomic mass is 9.64. The van der Waals surface area contributed by atoms with Crippen LogP contribution in [0.1, 0.15) is 28.1 Å². The van der Waals surface area contributed by atoms with Gasteiger partial charge in [0.05, 0.1) is 27.8 Å². The zero-order chi connectivity index (χ0) is 32.7. The van der Waals surface area contributed by atoms with Gasteiger partial charge in [-0.3, -0.25) is 4.57 Å². The van der Waals surface area contributed by atoms with Crippen LogP contribution in [0.3, 0.4) is 0 Å². The van der Waals surface area contributed by atoms with Gasteiger partial charge < -0.3 is 4.90 Å². The number of para-hydroxylation sites is 5. The van der Waals surface area contributed by atoms with Gasteiger partial charge in [-0.15, -0.1) is 0 Å². The molecule has 0 saturated heterocycles. The summed E-state index contributed by atoms with van der Waals surface area (Å²) in [5.74, 6) is 0.977. The standard InChI is InChI=1S/C45H30BrN3/c1-29-47-41-18-7-10-21-44(41)48(29)34-15-11-12-30(26-34)31-22-24-35-36-25-23-32(46)28-40(36)45(39(35)27-31)37-16-5-8-19-42(37)49(33-13-3-2-4-14-33)43-20-9-6-17-38(43)45/h2-28H,1H3. The molecule has 7 aromatic carbocycles. The van der Waals surface area contributed by atoms with Crippen LogP contribution in [-0.2, 0) is 5.41 Å². The Kier molecular flexibility index (Phi) is 6.15. The Labute approximate surface area is 293 Å². The van der Waals surface area contributed by atoms with E-state index in [2.05, 4.69) is 190 Å². The summed E-state index contributed by atoms with van der Waals surface area (Å²) in [6.45, 7) is 2.08. The molecule has 1 aromatic heterocycles. The number of nitrogens with zero attached hydrogens (tertiary/aromatic N) is 3. The smallest absolute Gasteiger partial charge is 0.111 e. The molecule has 1 spiro atoms. The fraction of sp³-hybridized carbons (Fsp3) is 0.0444. The highest BCUT2D eigenvalue weighted by Crippen LogP contribution is 2.63. The molecule has 0 N–H and O–H groups in total. The number of hydrogen-bond donors (Lipinski definition) is 0. The first-order chi connectivity index (χ1) is 24.1. The quantitative estimate of drug-likeness (QED) is 0.184. The molecule has 1 aliphatic heterocycles. The van der Waals surface area contributed by atoms with Crippen molar-refractivity contribution in [3.8, 4) is 27.9 Å². The Balaban J connectivity index is 1.24. The largest absolute Gasteiger partial charge is 0.310 e. The van der Waals surface area contributed by atoms with Gasteiger partial charge in [-0.2, -0.15) is 0 Å². The van der Waals surface area contributed by atoms with Gasteiger partial charge in [0.1, 0.15) is 5.82 Å². The molecule has 4 heteroatoms. The number of rotatable bonds is 3. The van der Waals surface area contributed by atoms with Crippen LogP contribution >= 0.6 is 15.9 Å². The van der Waals surface area contributed by atoms with E-state index in [1.54, 1.807) is 0 Å². The molecule has 232 valence electrons. The average Bonchev–Trinajstić information content (AvgIpc) is 3.63. The second kappa shape index (κ2) is 10.6. The minimum absolute atomic E-state index is 0.516. The number of hydrogen-bond acceptors (Lipinski definition) is 2. The number of halogens is 1. The van der Waals surface area contributed by atoms with E-state index in [0.717, 1.165) is 32.7 Å². The molecule has 3 nitrogen and oxygen atoms in total. The molecule has 0 fully saturated rings. The lowest BCUT2D eigenvalue weighted by Crippen LogP contribution is -2.36.